The van der Waals surface area contributed by atoms with E-state index in [1.54, 1.807) is 26.1 Å². The molecule has 1 aromatic carbocycles. The van der Waals surface area contributed by atoms with E-state index in [1.165, 1.54) is 11.8 Å². The summed E-state index contributed by atoms with van der Waals surface area (Å²) in [6.07, 6.45) is 1.87. The Kier molecular flexibility index (Phi) is 5.14. The van der Waals surface area contributed by atoms with Crippen LogP contribution < -0.4 is 4.74 Å². The standard InChI is InChI=1S/C13H12BrIN2O2S/c1-16-13-17(2)12(18)10(20-13)6-7-4-8(14)11(19-3)9(15)5-7/h4-6H,1-3H3/b10-6-,16-13?. The lowest BCUT2D eigenvalue weighted by molar-refractivity contribution is -0.121. The fourth-order valence-corrected chi connectivity index (χ4v) is 4.57. The minimum Gasteiger partial charge on any atom is -0.494 e. The summed E-state index contributed by atoms with van der Waals surface area (Å²) >= 11 is 7.07. The molecule has 0 aliphatic carbocycles. The summed E-state index contributed by atoms with van der Waals surface area (Å²) in [4.78, 5) is 18.4. The fourth-order valence-electron chi connectivity index (χ4n) is 1.76. The molecule has 1 heterocycles. The van der Waals surface area contributed by atoms with E-state index in [0.717, 1.165) is 19.4 Å². The second kappa shape index (κ2) is 6.48. The second-order valence-corrected chi connectivity index (χ2v) is 7.02. The van der Waals surface area contributed by atoms with Crippen LogP contribution in [0.4, 0.5) is 0 Å². The number of rotatable bonds is 2. The first-order valence-electron chi connectivity index (χ1n) is 5.65. The van der Waals surface area contributed by atoms with Gasteiger partial charge in [-0.1, -0.05) is 0 Å². The summed E-state index contributed by atoms with van der Waals surface area (Å²) in [5, 5.41) is 0.712. The van der Waals surface area contributed by atoms with Crippen molar-refractivity contribution in [1.82, 2.24) is 4.90 Å². The van der Waals surface area contributed by atoms with Crippen molar-refractivity contribution in [2.45, 2.75) is 0 Å². The highest BCUT2D eigenvalue weighted by molar-refractivity contribution is 14.1. The maximum atomic E-state index is 12.1. The molecule has 0 unspecified atom stereocenters. The van der Waals surface area contributed by atoms with Gasteiger partial charge in [0, 0.05) is 14.1 Å². The van der Waals surface area contributed by atoms with E-state index in [4.69, 9.17) is 4.74 Å². The van der Waals surface area contributed by atoms with Crippen LogP contribution in [0.3, 0.4) is 0 Å². The SMILES string of the molecule is CN=C1S/C(=C\c2cc(Br)c(OC)c(I)c2)C(=O)N1C. The van der Waals surface area contributed by atoms with E-state index in [0.29, 0.717) is 10.1 Å². The van der Waals surface area contributed by atoms with Crippen LogP contribution in [0.2, 0.25) is 0 Å². The fraction of sp³-hybridized carbons (Fsp3) is 0.231. The summed E-state index contributed by atoms with van der Waals surface area (Å²) in [5.74, 6) is 0.767. The van der Waals surface area contributed by atoms with Crippen LogP contribution in [0, 0.1) is 3.57 Å². The molecule has 1 aliphatic heterocycles. The van der Waals surface area contributed by atoms with Gasteiger partial charge in [-0.25, -0.2) is 0 Å². The van der Waals surface area contributed by atoms with E-state index >= 15 is 0 Å². The molecule has 1 saturated heterocycles. The quantitative estimate of drug-likeness (QED) is 0.494. The molecular formula is C13H12BrIN2O2S. The van der Waals surface area contributed by atoms with E-state index in [9.17, 15) is 4.79 Å². The Balaban J connectivity index is 2.40. The van der Waals surface area contributed by atoms with Gasteiger partial charge in [-0.3, -0.25) is 14.7 Å². The number of halogens is 2. The Morgan fingerprint density at radius 1 is 1.50 bits per heavy atom. The lowest BCUT2D eigenvalue weighted by Crippen LogP contribution is -2.23. The Hall–Kier alpha value is -0.540. The minimum atomic E-state index is -0.0300. The van der Waals surface area contributed by atoms with Crippen LogP contribution in [0.25, 0.3) is 6.08 Å². The van der Waals surface area contributed by atoms with Gasteiger partial charge >= 0.3 is 0 Å². The molecule has 1 aliphatic rings. The number of carbonyl (C=O) groups is 1. The van der Waals surface area contributed by atoms with Crippen molar-refractivity contribution >= 4 is 67.4 Å². The van der Waals surface area contributed by atoms with Crippen molar-refractivity contribution < 1.29 is 9.53 Å². The van der Waals surface area contributed by atoms with Gasteiger partial charge in [0.25, 0.3) is 5.91 Å². The monoisotopic (exact) mass is 466 g/mol. The van der Waals surface area contributed by atoms with Crippen molar-refractivity contribution in [3.63, 3.8) is 0 Å². The maximum absolute atomic E-state index is 12.1. The van der Waals surface area contributed by atoms with Crippen LogP contribution in [-0.2, 0) is 4.79 Å². The van der Waals surface area contributed by atoms with Crippen LogP contribution in [-0.4, -0.2) is 37.2 Å². The third kappa shape index (κ3) is 3.04. The minimum absolute atomic E-state index is 0.0300. The number of hydrogen-bond acceptors (Lipinski definition) is 4. The zero-order valence-electron chi connectivity index (χ0n) is 11.1. The van der Waals surface area contributed by atoms with Crippen molar-refractivity contribution in [2.75, 3.05) is 21.2 Å². The molecule has 1 amide bonds. The Bertz CT molecular complexity index is 608. The van der Waals surface area contributed by atoms with Gasteiger partial charge in [0.05, 0.1) is 20.1 Å². The summed E-state index contributed by atoms with van der Waals surface area (Å²) < 4.78 is 7.15. The number of carbonyl (C=O) groups excluding carboxylic acids is 1. The first-order valence-corrected chi connectivity index (χ1v) is 8.34. The molecule has 0 saturated carbocycles. The van der Waals surface area contributed by atoms with Gasteiger partial charge in [-0.2, -0.15) is 0 Å². The summed E-state index contributed by atoms with van der Waals surface area (Å²) in [6.45, 7) is 0. The summed E-state index contributed by atoms with van der Waals surface area (Å²) in [7, 11) is 5.05. The molecule has 0 radical (unpaired) electrons. The van der Waals surface area contributed by atoms with E-state index in [1.807, 2.05) is 18.2 Å². The molecule has 0 bridgehead atoms. The zero-order valence-corrected chi connectivity index (χ0v) is 15.7. The number of methoxy groups -OCH3 is 1. The van der Waals surface area contributed by atoms with Crippen LogP contribution in [0.15, 0.2) is 26.5 Å². The first kappa shape index (κ1) is 15.8. The van der Waals surface area contributed by atoms with Gasteiger partial charge < -0.3 is 4.74 Å². The lowest BCUT2D eigenvalue weighted by atomic mass is 10.2. The van der Waals surface area contributed by atoms with Gasteiger partial charge in [-0.05, 0) is 74.1 Å². The Morgan fingerprint density at radius 3 is 2.70 bits per heavy atom. The number of amidine groups is 1. The predicted octanol–water partition coefficient (Wildman–Crippen LogP) is 3.59. The van der Waals surface area contributed by atoms with Crippen molar-refractivity contribution in [3.8, 4) is 5.75 Å². The number of benzene rings is 1. The molecule has 0 atom stereocenters. The average Bonchev–Trinajstić information content (AvgIpc) is 2.66. The highest BCUT2D eigenvalue weighted by atomic mass is 127. The smallest absolute Gasteiger partial charge is 0.266 e. The number of thioether (sulfide) groups is 1. The summed E-state index contributed by atoms with van der Waals surface area (Å²) in [6, 6.07) is 3.91. The average molecular weight is 467 g/mol. The van der Waals surface area contributed by atoms with Gasteiger partial charge in [0.1, 0.15) is 5.75 Å². The molecule has 1 aromatic rings. The number of ether oxygens (including phenoxy) is 1. The van der Waals surface area contributed by atoms with Crippen LogP contribution in [0.1, 0.15) is 5.56 Å². The number of amides is 1. The van der Waals surface area contributed by atoms with E-state index < -0.39 is 0 Å². The van der Waals surface area contributed by atoms with Crippen LogP contribution >= 0.6 is 50.3 Å². The number of nitrogens with zero attached hydrogens (tertiary/aromatic N) is 2. The van der Waals surface area contributed by atoms with E-state index in [2.05, 4.69) is 43.5 Å². The highest BCUT2D eigenvalue weighted by Crippen LogP contribution is 2.35. The Morgan fingerprint density at radius 2 is 2.20 bits per heavy atom. The largest absolute Gasteiger partial charge is 0.494 e. The Labute approximate surface area is 143 Å². The molecule has 106 valence electrons. The number of hydrogen-bond donors (Lipinski definition) is 0. The zero-order chi connectivity index (χ0) is 14.9. The molecular weight excluding hydrogens is 455 g/mol. The molecule has 20 heavy (non-hydrogen) atoms. The van der Waals surface area contributed by atoms with Crippen molar-refractivity contribution in [2.24, 2.45) is 4.99 Å². The molecule has 0 N–H and O–H groups in total. The normalized spacial score (nSPS) is 19.2. The van der Waals surface area contributed by atoms with Crippen LogP contribution in [0.5, 0.6) is 5.75 Å². The second-order valence-electron chi connectivity index (χ2n) is 4.00. The van der Waals surface area contributed by atoms with Gasteiger partial charge in [-0.15, -0.1) is 0 Å². The van der Waals surface area contributed by atoms with Gasteiger partial charge in [0.15, 0.2) is 5.17 Å². The molecule has 7 heteroatoms. The first-order chi connectivity index (χ1) is 9.47. The summed E-state index contributed by atoms with van der Waals surface area (Å²) in [5.41, 5.74) is 0.948. The van der Waals surface area contributed by atoms with Crippen molar-refractivity contribution in [3.05, 3.63) is 30.6 Å². The van der Waals surface area contributed by atoms with E-state index in [-0.39, 0.29) is 5.91 Å². The highest BCUT2D eigenvalue weighted by Gasteiger charge is 2.29. The molecule has 2 rings (SSSR count). The van der Waals surface area contributed by atoms with Gasteiger partial charge in [0.2, 0.25) is 0 Å². The predicted molar refractivity (Wildman–Crippen MR) is 95.1 cm³/mol. The number of likely N-dealkylation sites (N-methyl/N-ethyl adjacent to an activating group) is 1. The third-order valence-corrected chi connectivity index (χ3v) is 5.26. The molecule has 1 fully saturated rings. The number of aliphatic imine (C=N–C) groups is 1. The maximum Gasteiger partial charge on any atom is 0.266 e. The molecule has 4 nitrogen and oxygen atoms in total. The lowest BCUT2D eigenvalue weighted by Gasteiger charge is -2.07. The van der Waals surface area contributed by atoms with Crippen molar-refractivity contribution in [1.29, 1.82) is 0 Å². The molecule has 0 aromatic heterocycles. The topological polar surface area (TPSA) is 41.9 Å². The molecule has 0 spiro atoms. The third-order valence-electron chi connectivity index (χ3n) is 2.72.